The Balaban J connectivity index is 2.50. The molecule has 0 amide bonds. The minimum Gasteiger partial charge on any atom is -0.303 e. The van der Waals surface area contributed by atoms with E-state index in [2.05, 4.69) is 23.5 Å². The third-order valence-electron chi connectivity index (χ3n) is 3.38. The lowest BCUT2D eigenvalue weighted by Crippen LogP contribution is -2.31. The molecule has 0 aromatic heterocycles. The Morgan fingerprint density at radius 1 is 1.09 bits per heavy atom. The van der Waals surface area contributed by atoms with Gasteiger partial charge in [0.25, 0.3) is 5.69 Å². The van der Waals surface area contributed by atoms with E-state index >= 15 is 0 Å². The second-order valence-electron chi connectivity index (χ2n) is 5.34. The summed E-state index contributed by atoms with van der Waals surface area (Å²) in [7, 11) is -3.62. The zero-order valence-electron chi connectivity index (χ0n) is 13.7. The molecule has 0 atom stereocenters. The van der Waals surface area contributed by atoms with Crippen LogP contribution in [0.25, 0.3) is 0 Å². The monoisotopic (exact) mass is 343 g/mol. The average molecular weight is 343 g/mol. The van der Waals surface area contributed by atoms with Gasteiger partial charge in [0.15, 0.2) is 0 Å². The van der Waals surface area contributed by atoms with Gasteiger partial charge in [0.05, 0.1) is 9.82 Å². The lowest BCUT2D eigenvalue weighted by atomic mass is 10.3. The summed E-state index contributed by atoms with van der Waals surface area (Å²) in [4.78, 5) is 12.4. The van der Waals surface area contributed by atoms with Crippen LogP contribution >= 0.6 is 0 Å². The van der Waals surface area contributed by atoms with E-state index in [0.29, 0.717) is 6.54 Å². The van der Waals surface area contributed by atoms with Crippen LogP contribution in [0.4, 0.5) is 5.69 Å². The van der Waals surface area contributed by atoms with E-state index in [4.69, 9.17) is 0 Å². The quantitative estimate of drug-likeness (QED) is 0.378. The van der Waals surface area contributed by atoms with Crippen LogP contribution in [-0.2, 0) is 10.0 Å². The maximum absolute atomic E-state index is 12.1. The van der Waals surface area contributed by atoms with Gasteiger partial charge in [-0.2, -0.15) is 0 Å². The standard InChI is InChI=1S/C15H25N3O4S/c1-3-11-17(12-4-2)13-5-10-16-23(21,22)15-8-6-14(7-9-15)18(19)20/h6-9,16H,3-5,10-13H2,1-2H3. The van der Waals surface area contributed by atoms with Gasteiger partial charge in [0.1, 0.15) is 0 Å². The van der Waals surface area contributed by atoms with E-state index in [-0.39, 0.29) is 10.6 Å². The molecular formula is C15H25N3O4S. The molecule has 0 heterocycles. The number of nitrogens with zero attached hydrogens (tertiary/aromatic N) is 2. The summed E-state index contributed by atoms with van der Waals surface area (Å²) in [6.45, 7) is 7.49. The lowest BCUT2D eigenvalue weighted by Gasteiger charge is -2.20. The van der Waals surface area contributed by atoms with E-state index < -0.39 is 14.9 Å². The fraction of sp³-hybridized carbons (Fsp3) is 0.600. The molecule has 0 aliphatic carbocycles. The van der Waals surface area contributed by atoms with Crippen LogP contribution in [0, 0.1) is 10.1 Å². The number of rotatable bonds is 11. The molecule has 0 fully saturated rings. The van der Waals surface area contributed by atoms with Crippen molar-refractivity contribution in [2.75, 3.05) is 26.2 Å². The average Bonchev–Trinajstić information content (AvgIpc) is 2.52. The first-order chi connectivity index (χ1) is 10.9. The number of nitro benzene ring substituents is 1. The third kappa shape index (κ3) is 6.64. The van der Waals surface area contributed by atoms with E-state index in [1.165, 1.54) is 24.3 Å². The number of nitrogens with one attached hydrogen (secondary N) is 1. The molecule has 0 saturated heterocycles. The van der Waals surface area contributed by atoms with E-state index in [1.54, 1.807) is 0 Å². The van der Waals surface area contributed by atoms with Crippen molar-refractivity contribution >= 4 is 15.7 Å². The molecule has 23 heavy (non-hydrogen) atoms. The fourth-order valence-corrected chi connectivity index (χ4v) is 3.38. The maximum atomic E-state index is 12.1. The molecule has 1 aromatic carbocycles. The van der Waals surface area contributed by atoms with Crippen LogP contribution < -0.4 is 4.72 Å². The highest BCUT2D eigenvalue weighted by molar-refractivity contribution is 7.89. The number of sulfonamides is 1. The molecule has 7 nitrogen and oxygen atoms in total. The molecule has 1 N–H and O–H groups in total. The first-order valence-electron chi connectivity index (χ1n) is 7.87. The topological polar surface area (TPSA) is 92.6 Å². The van der Waals surface area contributed by atoms with Crippen molar-refractivity contribution < 1.29 is 13.3 Å². The van der Waals surface area contributed by atoms with E-state index in [0.717, 1.165) is 38.9 Å². The first kappa shape index (κ1) is 19.5. The normalized spacial score (nSPS) is 11.8. The Hall–Kier alpha value is -1.51. The number of hydrogen-bond acceptors (Lipinski definition) is 5. The molecule has 1 rings (SSSR count). The summed E-state index contributed by atoms with van der Waals surface area (Å²) < 4.78 is 26.8. The Kier molecular flexibility index (Phi) is 8.15. The number of non-ortho nitro benzene ring substituents is 1. The molecule has 0 bridgehead atoms. The SMILES string of the molecule is CCCN(CCC)CCCNS(=O)(=O)c1ccc([N+](=O)[O-])cc1. The van der Waals surface area contributed by atoms with Crippen molar-refractivity contribution in [3.8, 4) is 0 Å². The first-order valence-corrected chi connectivity index (χ1v) is 9.35. The highest BCUT2D eigenvalue weighted by Gasteiger charge is 2.15. The third-order valence-corrected chi connectivity index (χ3v) is 4.86. The highest BCUT2D eigenvalue weighted by Crippen LogP contribution is 2.15. The van der Waals surface area contributed by atoms with Crippen molar-refractivity contribution in [3.63, 3.8) is 0 Å². The zero-order chi connectivity index (χ0) is 17.3. The summed E-state index contributed by atoms with van der Waals surface area (Å²) in [6, 6.07) is 4.89. The van der Waals surface area contributed by atoms with Gasteiger partial charge in [0, 0.05) is 18.7 Å². The van der Waals surface area contributed by atoms with Gasteiger partial charge in [-0.1, -0.05) is 13.8 Å². The van der Waals surface area contributed by atoms with Crippen molar-refractivity contribution in [2.45, 2.75) is 38.0 Å². The summed E-state index contributed by atoms with van der Waals surface area (Å²) in [6.07, 6.45) is 2.88. The van der Waals surface area contributed by atoms with Gasteiger partial charge >= 0.3 is 0 Å². The van der Waals surface area contributed by atoms with Crippen molar-refractivity contribution in [1.29, 1.82) is 0 Å². The largest absolute Gasteiger partial charge is 0.303 e. The molecule has 130 valence electrons. The van der Waals surface area contributed by atoms with E-state index in [1.807, 2.05) is 0 Å². The second kappa shape index (κ2) is 9.59. The number of hydrogen-bond donors (Lipinski definition) is 1. The van der Waals surface area contributed by atoms with Gasteiger partial charge in [-0.05, 0) is 51.0 Å². The summed E-state index contributed by atoms with van der Waals surface area (Å²) in [5.41, 5.74) is -0.126. The van der Waals surface area contributed by atoms with Crippen LogP contribution in [0.2, 0.25) is 0 Å². The van der Waals surface area contributed by atoms with Crippen LogP contribution in [0.3, 0.4) is 0 Å². The molecule has 0 aliphatic rings. The molecule has 0 radical (unpaired) electrons. The second-order valence-corrected chi connectivity index (χ2v) is 7.11. The van der Waals surface area contributed by atoms with Crippen molar-refractivity contribution in [3.05, 3.63) is 34.4 Å². The molecule has 8 heteroatoms. The van der Waals surface area contributed by atoms with Crippen LogP contribution in [0.1, 0.15) is 33.1 Å². The lowest BCUT2D eigenvalue weighted by molar-refractivity contribution is -0.384. The minimum absolute atomic E-state index is 0.0436. The highest BCUT2D eigenvalue weighted by atomic mass is 32.2. The molecular weight excluding hydrogens is 318 g/mol. The maximum Gasteiger partial charge on any atom is 0.269 e. The van der Waals surface area contributed by atoms with Gasteiger partial charge in [-0.3, -0.25) is 10.1 Å². The van der Waals surface area contributed by atoms with Crippen molar-refractivity contribution in [1.82, 2.24) is 9.62 Å². The molecule has 1 aromatic rings. The predicted molar refractivity (Wildman–Crippen MR) is 89.9 cm³/mol. The van der Waals surface area contributed by atoms with Crippen LogP contribution in [0.5, 0.6) is 0 Å². The summed E-state index contributed by atoms with van der Waals surface area (Å²) in [5, 5.41) is 10.6. The van der Waals surface area contributed by atoms with Gasteiger partial charge in [0.2, 0.25) is 10.0 Å². The van der Waals surface area contributed by atoms with Gasteiger partial charge in [-0.25, -0.2) is 13.1 Å². The fourth-order valence-electron chi connectivity index (χ4n) is 2.31. The molecule has 0 aliphatic heterocycles. The van der Waals surface area contributed by atoms with Crippen LogP contribution in [-0.4, -0.2) is 44.4 Å². The molecule has 0 unspecified atom stereocenters. The van der Waals surface area contributed by atoms with Crippen molar-refractivity contribution in [2.24, 2.45) is 0 Å². The molecule has 0 saturated carbocycles. The summed E-state index contributed by atoms with van der Waals surface area (Å²) >= 11 is 0. The number of benzene rings is 1. The zero-order valence-corrected chi connectivity index (χ0v) is 14.5. The minimum atomic E-state index is -3.62. The van der Waals surface area contributed by atoms with E-state index in [9.17, 15) is 18.5 Å². The predicted octanol–water partition coefficient (Wildman–Crippen LogP) is 2.39. The Bertz CT molecular complexity index is 581. The summed E-state index contributed by atoms with van der Waals surface area (Å²) in [5.74, 6) is 0. The molecule has 0 spiro atoms. The Morgan fingerprint density at radius 3 is 2.13 bits per heavy atom. The van der Waals surface area contributed by atoms with Gasteiger partial charge < -0.3 is 4.90 Å². The Labute approximate surface area is 137 Å². The Morgan fingerprint density at radius 2 is 1.65 bits per heavy atom. The number of nitro groups is 1. The smallest absolute Gasteiger partial charge is 0.269 e. The van der Waals surface area contributed by atoms with Crippen LogP contribution in [0.15, 0.2) is 29.2 Å². The van der Waals surface area contributed by atoms with Gasteiger partial charge in [-0.15, -0.1) is 0 Å².